The van der Waals surface area contributed by atoms with E-state index in [0.29, 0.717) is 10.4 Å². The summed E-state index contributed by atoms with van der Waals surface area (Å²) in [6, 6.07) is 8.08. The smallest absolute Gasteiger partial charge is 0.275 e. The lowest BCUT2D eigenvalue weighted by atomic mass is 10.2. The van der Waals surface area contributed by atoms with E-state index in [2.05, 4.69) is 5.32 Å². The van der Waals surface area contributed by atoms with Crippen molar-refractivity contribution >= 4 is 17.4 Å². The third kappa shape index (κ3) is 2.54. The summed E-state index contributed by atoms with van der Waals surface area (Å²) in [6.45, 7) is 0. The lowest BCUT2D eigenvalue weighted by molar-refractivity contribution is -0.590. The first-order valence-electron chi connectivity index (χ1n) is 5.12. The van der Waals surface area contributed by atoms with Gasteiger partial charge in [-0.2, -0.15) is 0 Å². The molecule has 0 bridgehead atoms. The molecule has 1 aromatic heterocycles. The van der Waals surface area contributed by atoms with Gasteiger partial charge in [0.05, 0.1) is 5.56 Å². The minimum Gasteiger partial charge on any atom is -0.711 e. The van der Waals surface area contributed by atoms with Crippen molar-refractivity contribution < 1.29 is 13.9 Å². The zero-order valence-corrected chi connectivity index (χ0v) is 9.26. The first-order valence-corrected chi connectivity index (χ1v) is 5.12. The second-order valence-corrected chi connectivity index (χ2v) is 3.63. The number of benzene rings is 1. The van der Waals surface area contributed by atoms with Crippen LogP contribution in [0.4, 0.5) is 15.9 Å². The molecule has 0 atom stereocenters. The van der Waals surface area contributed by atoms with E-state index in [4.69, 9.17) is 5.73 Å². The number of nitrogens with zero attached hydrogens (tertiary/aromatic N) is 1. The van der Waals surface area contributed by atoms with E-state index < -0.39 is 11.7 Å². The van der Waals surface area contributed by atoms with Gasteiger partial charge in [0.1, 0.15) is 12.0 Å². The Morgan fingerprint density at radius 3 is 2.50 bits per heavy atom. The molecular weight excluding hydrogens is 237 g/mol. The Morgan fingerprint density at radius 2 is 1.89 bits per heavy atom. The maximum Gasteiger partial charge on any atom is 0.275 e. The number of carbonyl (C=O) groups is 1. The van der Waals surface area contributed by atoms with E-state index in [1.165, 1.54) is 36.4 Å². The van der Waals surface area contributed by atoms with Gasteiger partial charge in [-0.3, -0.25) is 10.5 Å². The van der Waals surface area contributed by atoms with Crippen LogP contribution in [0.3, 0.4) is 0 Å². The molecule has 92 valence electrons. The van der Waals surface area contributed by atoms with Crippen LogP contribution in [0.2, 0.25) is 0 Å². The second kappa shape index (κ2) is 4.70. The molecule has 0 aliphatic rings. The molecular formula is C12H10FN3O2. The van der Waals surface area contributed by atoms with Gasteiger partial charge in [0.15, 0.2) is 0 Å². The Balaban J connectivity index is 2.16. The number of carbonyl (C=O) groups excluding carboxylic acids is 1. The molecule has 18 heavy (non-hydrogen) atoms. The summed E-state index contributed by atoms with van der Waals surface area (Å²) in [5.41, 5.74) is 5.95. The molecule has 6 heteroatoms. The molecule has 1 aromatic carbocycles. The Morgan fingerprint density at radius 1 is 1.22 bits per heavy atom. The normalized spacial score (nSPS) is 10.1. The summed E-state index contributed by atoms with van der Waals surface area (Å²) in [6.07, 6.45) is 1.08. The van der Waals surface area contributed by atoms with Gasteiger partial charge in [0.25, 0.3) is 11.7 Å². The Hall–Kier alpha value is -2.63. The van der Waals surface area contributed by atoms with Crippen LogP contribution in [-0.4, -0.2) is 5.91 Å². The number of halogens is 1. The number of anilines is 2. The SMILES string of the molecule is Nc1ccc(C(=O)Nc2ccc(F)cc2)c[n+]1[O-]. The summed E-state index contributed by atoms with van der Waals surface area (Å²) in [5, 5.41) is 13.7. The molecule has 5 nitrogen and oxygen atoms in total. The predicted octanol–water partition coefficient (Wildman–Crippen LogP) is 1.29. The van der Waals surface area contributed by atoms with Crippen LogP contribution >= 0.6 is 0 Å². The number of hydrogen-bond donors (Lipinski definition) is 2. The molecule has 3 N–H and O–H groups in total. The number of aromatic nitrogens is 1. The molecule has 2 aromatic rings. The maximum atomic E-state index is 12.7. The third-order valence-corrected chi connectivity index (χ3v) is 2.31. The average molecular weight is 247 g/mol. The van der Waals surface area contributed by atoms with Crippen LogP contribution in [0.1, 0.15) is 10.4 Å². The first kappa shape index (κ1) is 11.8. The van der Waals surface area contributed by atoms with Crippen LogP contribution in [-0.2, 0) is 0 Å². The largest absolute Gasteiger partial charge is 0.711 e. The Labute approximate surface area is 102 Å². The van der Waals surface area contributed by atoms with Gasteiger partial charge in [0, 0.05) is 11.8 Å². The number of pyridine rings is 1. The van der Waals surface area contributed by atoms with Crippen molar-refractivity contribution in [3.8, 4) is 0 Å². The number of amides is 1. The fraction of sp³-hybridized carbons (Fsp3) is 0. The van der Waals surface area contributed by atoms with Crippen molar-refractivity contribution in [1.29, 1.82) is 0 Å². The van der Waals surface area contributed by atoms with Gasteiger partial charge in [-0.05, 0) is 30.3 Å². The molecule has 2 rings (SSSR count). The highest BCUT2D eigenvalue weighted by Gasteiger charge is 2.09. The predicted molar refractivity (Wildman–Crippen MR) is 64.2 cm³/mol. The lowest BCUT2D eigenvalue weighted by Crippen LogP contribution is -2.31. The zero-order valence-electron chi connectivity index (χ0n) is 9.26. The minimum atomic E-state index is -0.466. The fourth-order valence-electron chi connectivity index (χ4n) is 1.36. The summed E-state index contributed by atoms with van der Waals surface area (Å²) >= 11 is 0. The number of nitrogens with one attached hydrogen (secondary N) is 1. The van der Waals surface area contributed by atoms with Crippen LogP contribution in [0, 0.1) is 11.0 Å². The third-order valence-electron chi connectivity index (χ3n) is 2.31. The standard InChI is InChI=1S/C12H10FN3O2/c13-9-2-4-10(5-3-9)15-12(17)8-1-6-11(14)16(18)7-8/h1-7H,14H2,(H,15,17). The van der Waals surface area contributed by atoms with Gasteiger partial charge in [0.2, 0.25) is 0 Å². The van der Waals surface area contributed by atoms with Gasteiger partial charge in [-0.25, -0.2) is 9.12 Å². The zero-order chi connectivity index (χ0) is 13.1. The molecule has 0 saturated heterocycles. The number of rotatable bonds is 2. The van der Waals surface area contributed by atoms with Crippen LogP contribution in [0.15, 0.2) is 42.6 Å². The van der Waals surface area contributed by atoms with Crippen LogP contribution in [0.5, 0.6) is 0 Å². The number of hydrogen-bond acceptors (Lipinski definition) is 3. The Bertz CT molecular complexity index is 584. The number of nitrogen functional groups attached to an aromatic ring is 1. The highest BCUT2D eigenvalue weighted by Crippen LogP contribution is 2.10. The van der Waals surface area contributed by atoms with E-state index >= 15 is 0 Å². The maximum absolute atomic E-state index is 12.7. The van der Waals surface area contributed by atoms with Crippen molar-refractivity contribution in [2.24, 2.45) is 0 Å². The first-order chi connectivity index (χ1) is 8.56. The second-order valence-electron chi connectivity index (χ2n) is 3.63. The lowest BCUT2D eigenvalue weighted by Gasteiger charge is -2.08. The molecule has 0 unspecified atom stereocenters. The van der Waals surface area contributed by atoms with Crippen molar-refractivity contribution in [3.63, 3.8) is 0 Å². The molecule has 0 saturated carbocycles. The Kier molecular flexibility index (Phi) is 3.09. The van der Waals surface area contributed by atoms with Crippen LogP contribution in [0.25, 0.3) is 0 Å². The highest BCUT2D eigenvalue weighted by atomic mass is 19.1. The van der Waals surface area contributed by atoms with E-state index in [-0.39, 0.29) is 11.4 Å². The van der Waals surface area contributed by atoms with E-state index in [1.54, 1.807) is 0 Å². The summed E-state index contributed by atoms with van der Waals surface area (Å²) in [5.74, 6) is -0.850. The number of nitrogens with two attached hydrogens (primary N) is 1. The van der Waals surface area contributed by atoms with Crippen molar-refractivity contribution in [3.05, 3.63) is 59.2 Å². The summed E-state index contributed by atoms with van der Waals surface area (Å²) in [4.78, 5) is 11.8. The molecule has 0 fully saturated rings. The van der Waals surface area contributed by atoms with Gasteiger partial charge < -0.3 is 10.5 Å². The van der Waals surface area contributed by atoms with Crippen molar-refractivity contribution in [1.82, 2.24) is 0 Å². The van der Waals surface area contributed by atoms with Gasteiger partial charge in [-0.1, -0.05) is 0 Å². The van der Waals surface area contributed by atoms with Crippen molar-refractivity contribution in [2.75, 3.05) is 11.1 Å². The topological polar surface area (TPSA) is 82.1 Å². The van der Waals surface area contributed by atoms with Gasteiger partial charge in [-0.15, -0.1) is 0 Å². The average Bonchev–Trinajstić information content (AvgIpc) is 2.35. The van der Waals surface area contributed by atoms with Crippen LogP contribution < -0.4 is 15.8 Å². The molecule has 1 amide bonds. The molecule has 0 aliphatic heterocycles. The van der Waals surface area contributed by atoms with E-state index in [0.717, 1.165) is 6.20 Å². The summed E-state index contributed by atoms with van der Waals surface area (Å²) in [7, 11) is 0. The monoisotopic (exact) mass is 247 g/mol. The fourth-order valence-corrected chi connectivity index (χ4v) is 1.36. The minimum absolute atomic E-state index is 0.00771. The molecule has 1 heterocycles. The van der Waals surface area contributed by atoms with Crippen molar-refractivity contribution in [2.45, 2.75) is 0 Å². The quantitative estimate of drug-likeness (QED) is 0.619. The molecule has 0 aliphatic carbocycles. The van der Waals surface area contributed by atoms with E-state index in [1.807, 2.05) is 0 Å². The van der Waals surface area contributed by atoms with Gasteiger partial charge >= 0.3 is 0 Å². The highest BCUT2D eigenvalue weighted by molar-refractivity contribution is 6.03. The van der Waals surface area contributed by atoms with E-state index in [9.17, 15) is 14.4 Å². The molecule has 0 radical (unpaired) electrons. The summed E-state index contributed by atoms with van der Waals surface area (Å²) < 4.78 is 13.1. The molecule has 0 spiro atoms.